The van der Waals surface area contributed by atoms with Gasteiger partial charge >= 0.3 is 0 Å². The highest BCUT2D eigenvalue weighted by Crippen LogP contribution is 2.16. The van der Waals surface area contributed by atoms with E-state index in [-0.39, 0.29) is 11.6 Å². The first-order valence-corrected chi connectivity index (χ1v) is 7.97. The van der Waals surface area contributed by atoms with Crippen LogP contribution >= 0.6 is 11.6 Å². The van der Waals surface area contributed by atoms with Gasteiger partial charge in [-0.05, 0) is 25.1 Å². The molecule has 0 spiro atoms. The number of halogens is 1. The zero-order valence-corrected chi connectivity index (χ0v) is 13.9. The average Bonchev–Trinajstić information content (AvgIpc) is 2.57. The number of benzene rings is 2. The van der Waals surface area contributed by atoms with Crippen molar-refractivity contribution in [2.24, 2.45) is 7.05 Å². The van der Waals surface area contributed by atoms with E-state index in [4.69, 9.17) is 11.6 Å². The minimum atomic E-state index is -0.0625. The fourth-order valence-electron chi connectivity index (χ4n) is 2.70. The summed E-state index contributed by atoms with van der Waals surface area (Å²) in [5, 5.41) is 3.28. The fraction of sp³-hybridized carbons (Fsp3) is 0.222. The van der Waals surface area contributed by atoms with Crippen LogP contribution in [0.1, 0.15) is 24.4 Å². The summed E-state index contributed by atoms with van der Waals surface area (Å²) in [5.74, 6) is 0.765. The zero-order chi connectivity index (χ0) is 16.4. The van der Waals surface area contributed by atoms with Crippen molar-refractivity contribution in [1.29, 1.82) is 0 Å². The smallest absolute Gasteiger partial charge is 0.261 e. The van der Waals surface area contributed by atoms with Crippen molar-refractivity contribution in [1.82, 2.24) is 9.55 Å². The number of rotatable bonds is 4. The molecule has 0 bridgehead atoms. The van der Waals surface area contributed by atoms with Crippen LogP contribution in [0.15, 0.2) is 53.3 Å². The minimum absolute atomic E-state index is 0.0625. The van der Waals surface area contributed by atoms with E-state index >= 15 is 0 Å². The molecule has 2 aromatic carbocycles. The molecule has 1 aromatic heterocycles. The molecule has 0 unspecified atom stereocenters. The highest BCUT2D eigenvalue weighted by molar-refractivity contribution is 6.31. The summed E-state index contributed by atoms with van der Waals surface area (Å²) in [6.07, 6.45) is 0. The van der Waals surface area contributed by atoms with E-state index in [0.29, 0.717) is 15.9 Å². The molecule has 118 valence electrons. The number of nitrogens with two attached hydrogens (primary N) is 1. The van der Waals surface area contributed by atoms with Crippen LogP contribution in [-0.2, 0) is 13.6 Å². The Labute approximate surface area is 139 Å². The number of nitrogens with zero attached hydrogens (tertiary/aromatic N) is 2. The van der Waals surface area contributed by atoms with Crippen molar-refractivity contribution in [3.05, 3.63) is 75.3 Å². The summed E-state index contributed by atoms with van der Waals surface area (Å²) >= 11 is 5.98. The molecule has 0 saturated carbocycles. The van der Waals surface area contributed by atoms with Crippen LogP contribution in [0.2, 0.25) is 5.02 Å². The van der Waals surface area contributed by atoms with Crippen molar-refractivity contribution < 1.29 is 5.32 Å². The van der Waals surface area contributed by atoms with Crippen LogP contribution in [-0.4, -0.2) is 9.55 Å². The predicted octanol–water partition coefficient (Wildman–Crippen LogP) is 2.41. The normalized spacial score (nSPS) is 12.5. The summed E-state index contributed by atoms with van der Waals surface area (Å²) in [7, 11) is 1.76. The summed E-state index contributed by atoms with van der Waals surface area (Å²) in [6, 6.07) is 15.6. The first-order chi connectivity index (χ1) is 11.1. The van der Waals surface area contributed by atoms with Crippen molar-refractivity contribution >= 4 is 22.5 Å². The number of quaternary nitrogens is 1. The maximum Gasteiger partial charge on any atom is 0.261 e. The van der Waals surface area contributed by atoms with Crippen LogP contribution < -0.4 is 10.9 Å². The van der Waals surface area contributed by atoms with Crippen molar-refractivity contribution in [3.8, 4) is 0 Å². The Morgan fingerprint density at radius 1 is 1.22 bits per heavy atom. The molecule has 2 N–H and O–H groups in total. The van der Waals surface area contributed by atoms with Crippen LogP contribution in [0.4, 0.5) is 0 Å². The third-order valence-electron chi connectivity index (χ3n) is 4.03. The molecule has 1 heterocycles. The first kappa shape index (κ1) is 15.7. The van der Waals surface area contributed by atoms with E-state index in [1.165, 1.54) is 5.56 Å². The largest absolute Gasteiger partial charge is 0.334 e. The molecular formula is C18H19ClN3O+. The standard InChI is InChI=1S/C18H18ClN3O/c1-12(20-11-13-6-4-3-5-7-13)17-21-16-9-8-14(19)10-15(16)18(23)22(17)2/h3-10,12,20H,11H2,1-2H3/p+1/t12-/m1/s1. The number of aromatic nitrogens is 2. The molecule has 1 atom stereocenters. The average molecular weight is 329 g/mol. The van der Waals surface area contributed by atoms with Gasteiger partial charge in [0.25, 0.3) is 5.56 Å². The van der Waals surface area contributed by atoms with Gasteiger partial charge in [-0.2, -0.15) is 0 Å². The van der Waals surface area contributed by atoms with E-state index in [2.05, 4.69) is 29.4 Å². The lowest BCUT2D eigenvalue weighted by Crippen LogP contribution is -2.83. The van der Waals surface area contributed by atoms with Gasteiger partial charge in [0, 0.05) is 17.6 Å². The fourth-order valence-corrected chi connectivity index (χ4v) is 2.87. The third kappa shape index (κ3) is 3.28. The maximum absolute atomic E-state index is 12.5. The molecule has 3 rings (SSSR count). The Balaban J connectivity index is 1.91. The highest BCUT2D eigenvalue weighted by Gasteiger charge is 2.17. The molecule has 0 fully saturated rings. The molecule has 3 aromatic rings. The Morgan fingerprint density at radius 2 is 1.96 bits per heavy atom. The Hall–Kier alpha value is -2.17. The quantitative estimate of drug-likeness (QED) is 0.799. The zero-order valence-electron chi connectivity index (χ0n) is 13.2. The summed E-state index contributed by atoms with van der Waals surface area (Å²) in [6.45, 7) is 2.91. The van der Waals surface area contributed by atoms with Crippen molar-refractivity contribution in [2.75, 3.05) is 0 Å². The Kier molecular flexibility index (Phi) is 4.46. The van der Waals surface area contributed by atoms with Gasteiger partial charge in [0.15, 0.2) is 5.82 Å². The predicted molar refractivity (Wildman–Crippen MR) is 92.5 cm³/mol. The van der Waals surface area contributed by atoms with Gasteiger partial charge in [0.1, 0.15) is 12.6 Å². The van der Waals surface area contributed by atoms with Gasteiger partial charge in [-0.15, -0.1) is 0 Å². The molecular weight excluding hydrogens is 310 g/mol. The van der Waals surface area contributed by atoms with Crippen LogP contribution in [0.3, 0.4) is 0 Å². The lowest BCUT2D eigenvalue weighted by molar-refractivity contribution is -0.709. The minimum Gasteiger partial charge on any atom is -0.334 e. The van der Waals surface area contributed by atoms with Gasteiger partial charge in [-0.25, -0.2) is 4.98 Å². The summed E-state index contributed by atoms with van der Waals surface area (Å²) < 4.78 is 1.62. The molecule has 5 heteroatoms. The van der Waals surface area contributed by atoms with Gasteiger partial charge < -0.3 is 5.32 Å². The maximum atomic E-state index is 12.5. The lowest BCUT2D eigenvalue weighted by Gasteiger charge is -2.14. The van der Waals surface area contributed by atoms with Gasteiger partial charge in [-0.1, -0.05) is 41.9 Å². The van der Waals surface area contributed by atoms with E-state index in [9.17, 15) is 4.79 Å². The van der Waals surface area contributed by atoms with Crippen LogP contribution in [0.5, 0.6) is 0 Å². The third-order valence-corrected chi connectivity index (χ3v) is 4.26. The Bertz CT molecular complexity index is 890. The SMILES string of the molecule is C[C@@H]([NH2+]Cc1ccccc1)c1nc2ccc(Cl)cc2c(=O)n1C. The second-order valence-corrected chi connectivity index (χ2v) is 6.15. The summed E-state index contributed by atoms with van der Waals surface area (Å²) in [5.41, 5.74) is 1.87. The van der Waals surface area contributed by atoms with Crippen LogP contribution in [0, 0.1) is 0 Å². The number of hydrogen-bond acceptors (Lipinski definition) is 2. The second-order valence-electron chi connectivity index (χ2n) is 5.71. The Morgan fingerprint density at radius 3 is 2.70 bits per heavy atom. The molecule has 0 aliphatic heterocycles. The van der Waals surface area contributed by atoms with E-state index in [1.807, 2.05) is 18.2 Å². The van der Waals surface area contributed by atoms with E-state index in [0.717, 1.165) is 12.4 Å². The van der Waals surface area contributed by atoms with E-state index in [1.54, 1.807) is 29.8 Å². The second kappa shape index (κ2) is 6.52. The van der Waals surface area contributed by atoms with Gasteiger partial charge in [-0.3, -0.25) is 9.36 Å². The molecule has 23 heavy (non-hydrogen) atoms. The van der Waals surface area contributed by atoms with Crippen molar-refractivity contribution in [2.45, 2.75) is 19.5 Å². The van der Waals surface area contributed by atoms with Crippen molar-refractivity contribution in [3.63, 3.8) is 0 Å². The molecule has 0 radical (unpaired) electrons. The summed E-state index contributed by atoms with van der Waals surface area (Å²) in [4.78, 5) is 17.2. The molecule has 0 saturated heterocycles. The molecule has 0 amide bonds. The number of fused-ring (bicyclic) bond motifs is 1. The lowest BCUT2D eigenvalue weighted by atomic mass is 10.2. The van der Waals surface area contributed by atoms with Gasteiger partial charge in [0.05, 0.1) is 10.9 Å². The highest BCUT2D eigenvalue weighted by atomic mass is 35.5. The monoisotopic (exact) mass is 328 g/mol. The van der Waals surface area contributed by atoms with Crippen LogP contribution in [0.25, 0.3) is 10.9 Å². The van der Waals surface area contributed by atoms with E-state index < -0.39 is 0 Å². The molecule has 4 nitrogen and oxygen atoms in total. The topological polar surface area (TPSA) is 51.5 Å². The first-order valence-electron chi connectivity index (χ1n) is 7.59. The number of hydrogen-bond donors (Lipinski definition) is 1. The van der Waals surface area contributed by atoms with Gasteiger partial charge in [0.2, 0.25) is 0 Å². The molecule has 0 aliphatic rings. The molecule has 0 aliphatic carbocycles.